The van der Waals surface area contributed by atoms with Crippen LogP contribution in [-0.4, -0.2) is 15.0 Å². The summed E-state index contributed by atoms with van der Waals surface area (Å²) in [6, 6.07) is 2.91. The van der Waals surface area contributed by atoms with Gasteiger partial charge >= 0.3 is 0 Å². The maximum Gasteiger partial charge on any atom is 0.242 e. The zero-order valence-corrected chi connectivity index (χ0v) is 12.9. The first kappa shape index (κ1) is 15.1. The summed E-state index contributed by atoms with van der Waals surface area (Å²) in [6.07, 6.45) is 2.08. The molecule has 1 saturated carbocycles. The molecular formula is C12H16Cl2N2O2S. The fourth-order valence-electron chi connectivity index (χ4n) is 1.71. The molecule has 0 amide bonds. The zero-order chi connectivity index (χ0) is 14.3. The van der Waals surface area contributed by atoms with Gasteiger partial charge in [-0.3, -0.25) is 0 Å². The minimum atomic E-state index is -3.63. The minimum Gasteiger partial charge on any atom is -0.326 e. The molecule has 7 heteroatoms. The molecule has 0 bridgehead atoms. The Morgan fingerprint density at radius 3 is 2.53 bits per heavy atom. The van der Waals surface area contributed by atoms with Gasteiger partial charge in [0.15, 0.2) is 0 Å². The number of sulfonamides is 1. The summed E-state index contributed by atoms with van der Waals surface area (Å²) in [5, 5.41) is 0.476. The first-order chi connectivity index (χ1) is 8.79. The summed E-state index contributed by atoms with van der Waals surface area (Å²) in [5.74, 6) is 0. The van der Waals surface area contributed by atoms with Gasteiger partial charge < -0.3 is 5.73 Å². The molecule has 4 nitrogen and oxygen atoms in total. The smallest absolute Gasteiger partial charge is 0.242 e. The molecule has 1 aromatic carbocycles. The Labute approximate surface area is 123 Å². The van der Waals surface area contributed by atoms with Crippen molar-refractivity contribution in [2.75, 3.05) is 6.54 Å². The monoisotopic (exact) mass is 322 g/mol. The minimum absolute atomic E-state index is 0.0308. The van der Waals surface area contributed by atoms with Gasteiger partial charge in [-0.15, -0.1) is 0 Å². The van der Waals surface area contributed by atoms with Crippen LogP contribution in [0, 0.1) is 5.41 Å². The standard InChI is InChI=1S/C12H16Cl2N2O2S/c1-12(4-5-12)7-16-19(17,18)10-3-2-9(13)8(6-15)11(10)14/h2-3,16H,4-7,15H2,1H3. The number of nitrogens with two attached hydrogens (primary N) is 1. The second kappa shape index (κ2) is 5.22. The topological polar surface area (TPSA) is 72.2 Å². The van der Waals surface area contributed by atoms with Gasteiger partial charge in [-0.2, -0.15) is 0 Å². The first-order valence-corrected chi connectivity index (χ1v) is 8.20. The fraction of sp³-hybridized carbons (Fsp3) is 0.500. The number of nitrogens with one attached hydrogen (secondary N) is 1. The van der Waals surface area contributed by atoms with E-state index in [9.17, 15) is 8.42 Å². The molecule has 3 N–H and O–H groups in total. The van der Waals surface area contributed by atoms with E-state index in [-0.39, 0.29) is 21.9 Å². The Balaban J connectivity index is 2.29. The van der Waals surface area contributed by atoms with Crippen molar-refractivity contribution in [3.05, 3.63) is 27.7 Å². The van der Waals surface area contributed by atoms with Crippen LogP contribution in [0.1, 0.15) is 25.3 Å². The second-order valence-corrected chi connectivity index (χ2v) is 7.70. The van der Waals surface area contributed by atoms with Crippen LogP contribution in [0.2, 0.25) is 10.0 Å². The van der Waals surface area contributed by atoms with Gasteiger partial charge in [0.2, 0.25) is 10.0 Å². The highest BCUT2D eigenvalue weighted by Gasteiger charge is 2.38. The fourth-order valence-corrected chi connectivity index (χ4v) is 3.84. The molecule has 0 aromatic heterocycles. The van der Waals surface area contributed by atoms with E-state index in [1.807, 2.05) is 6.92 Å². The maximum absolute atomic E-state index is 12.2. The number of benzene rings is 1. The molecule has 106 valence electrons. The van der Waals surface area contributed by atoms with Crippen LogP contribution in [0.15, 0.2) is 17.0 Å². The van der Waals surface area contributed by atoms with Gasteiger partial charge in [0.25, 0.3) is 0 Å². The second-order valence-electron chi connectivity index (χ2n) is 5.18. The lowest BCUT2D eigenvalue weighted by Crippen LogP contribution is -2.29. The van der Waals surface area contributed by atoms with Crippen LogP contribution in [0.25, 0.3) is 0 Å². The van der Waals surface area contributed by atoms with Gasteiger partial charge in [0.05, 0.1) is 5.02 Å². The SMILES string of the molecule is CC1(CNS(=O)(=O)c2ccc(Cl)c(CN)c2Cl)CC1. The van der Waals surface area contributed by atoms with Crippen molar-refractivity contribution in [2.45, 2.75) is 31.2 Å². The normalized spacial score (nSPS) is 17.5. The molecule has 1 fully saturated rings. The number of hydrogen-bond donors (Lipinski definition) is 2. The molecule has 0 spiro atoms. The Hall–Kier alpha value is -0.330. The summed E-state index contributed by atoms with van der Waals surface area (Å²) < 4.78 is 27.0. The third-order valence-electron chi connectivity index (χ3n) is 3.44. The predicted molar refractivity (Wildman–Crippen MR) is 76.9 cm³/mol. The van der Waals surface area contributed by atoms with Crippen LogP contribution in [-0.2, 0) is 16.6 Å². The third-order valence-corrected chi connectivity index (χ3v) is 5.78. The summed E-state index contributed by atoms with van der Waals surface area (Å²) in [7, 11) is -3.63. The van der Waals surface area contributed by atoms with Gasteiger partial charge in [0, 0.05) is 23.7 Å². The lowest BCUT2D eigenvalue weighted by Gasteiger charge is -2.14. The molecule has 0 atom stereocenters. The highest BCUT2D eigenvalue weighted by atomic mass is 35.5. The van der Waals surface area contributed by atoms with Crippen molar-refractivity contribution in [2.24, 2.45) is 11.1 Å². The summed E-state index contributed by atoms with van der Waals surface area (Å²) in [4.78, 5) is 0.0308. The largest absolute Gasteiger partial charge is 0.326 e. The molecule has 1 aliphatic carbocycles. The van der Waals surface area contributed by atoms with Gasteiger partial charge in [0.1, 0.15) is 4.90 Å². The van der Waals surface area contributed by atoms with Crippen molar-refractivity contribution in [3.8, 4) is 0 Å². The Kier molecular flexibility index (Phi) is 4.14. The van der Waals surface area contributed by atoms with Crippen LogP contribution in [0.3, 0.4) is 0 Å². The third kappa shape index (κ3) is 3.23. The van der Waals surface area contributed by atoms with E-state index in [4.69, 9.17) is 28.9 Å². The first-order valence-electron chi connectivity index (χ1n) is 5.96. The summed E-state index contributed by atoms with van der Waals surface area (Å²) >= 11 is 12.0. The van der Waals surface area contributed by atoms with E-state index in [1.165, 1.54) is 12.1 Å². The van der Waals surface area contributed by atoms with Crippen molar-refractivity contribution in [3.63, 3.8) is 0 Å². The van der Waals surface area contributed by atoms with Gasteiger partial charge in [-0.05, 0) is 30.4 Å². The predicted octanol–water partition coefficient (Wildman–Crippen LogP) is 2.53. The molecule has 0 radical (unpaired) electrons. The summed E-state index contributed by atoms with van der Waals surface area (Å²) in [5.41, 5.74) is 6.07. The number of rotatable bonds is 5. The summed E-state index contributed by atoms with van der Waals surface area (Å²) in [6.45, 7) is 2.56. The Morgan fingerprint density at radius 2 is 2.00 bits per heavy atom. The van der Waals surface area contributed by atoms with E-state index < -0.39 is 10.0 Å². The van der Waals surface area contributed by atoms with Crippen LogP contribution < -0.4 is 10.5 Å². The van der Waals surface area contributed by atoms with Crippen molar-refractivity contribution < 1.29 is 8.42 Å². The van der Waals surface area contributed by atoms with Crippen LogP contribution in [0.4, 0.5) is 0 Å². The average Bonchev–Trinajstić information content (AvgIpc) is 3.06. The molecular weight excluding hydrogens is 307 g/mol. The number of halogens is 2. The van der Waals surface area contributed by atoms with Crippen LogP contribution >= 0.6 is 23.2 Å². The molecule has 1 aromatic rings. The van der Waals surface area contributed by atoms with E-state index in [1.54, 1.807) is 0 Å². The van der Waals surface area contributed by atoms with Crippen molar-refractivity contribution in [1.82, 2.24) is 4.72 Å². The molecule has 0 aliphatic heterocycles. The number of hydrogen-bond acceptors (Lipinski definition) is 3. The average molecular weight is 323 g/mol. The maximum atomic E-state index is 12.2. The lowest BCUT2D eigenvalue weighted by atomic mass is 10.2. The molecule has 0 heterocycles. The molecule has 1 aliphatic rings. The van der Waals surface area contributed by atoms with Crippen molar-refractivity contribution in [1.29, 1.82) is 0 Å². The van der Waals surface area contributed by atoms with E-state index in [0.29, 0.717) is 17.1 Å². The lowest BCUT2D eigenvalue weighted by molar-refractivity contribution is 0.530. The highest BCUT2D eigenvalue weighted by Crippen LogP contribution is 2.44. The molecule has 0 unspecified atom stereocenters. The van der Waals surface area contributed by atoms with E-state index in [2.05, 4.69) is 4.72 Å². The van der Waals surface area contributed by atoms with E-state index in [0.717, 1.165) is 12.8 Å². The quantitative estimate of drug-likeness (QED) is 0.874. The molecule has 2 rings (SSSR count). The van der Waals surface area contributed by atoms with Gasteiger partial charge in [-0.25, -0.2) is 13.1 Å². The Bertz CT molecular complexity index is 598. The van der Waals surface area contributed by atoms with Gasteiger partial charge in [-0.1, -0.05) is 30.1 Å². The highest BCUT2D eigenvalue weighted by molar-refractivity contribution is 7.89. The zero-order valence-electron chi connectivity index (χ0n) is 10.5. The van der Waals surface area contributed by atoms with Crippen molar-refractivity contribution >= 4 is 33.2 Å². The molecule has 19 heavy (non-hydrogen) atoms. The molecule has 0 saturated heterocycles. The Morgan fingerprint density at radius 1 is 1.37 bits per heavy atom. The van der Waals surface area contributed by atoms with E-state index >= 15 is 0 Å². The van der Waals surface area contributed by atoms with Crippen LogP contribution in [0.5, 0.6) is 0 Å².